The Bertz CT molecular complexity index is 344. The monoisotopic (exact) mass is 318 g/mol. The van der Waals surface area contributed by atoms with Crippen molar-refractivity contribution in [3.8, 4) is 0 Å². The zero-order valence-electron chi connectivity index (χ0n) is 14.0. The van der Waals surface area contributed by atoms with E-state index in [0.717, 1.165) is 0 Å². The summed E-state index contributed by atoms with van der Waals surface area (Å²) in [5.41, 5.74) is 0. The predicted molar refractivity (Wildman–Crippen MR) is 90.5 cm³/mol. The van der Waals surface area contributed by atoms with Gasteiger partial charge in [0.05, 0.1) is 0 Å². The minimum atomic E-state index is -1.71. The van der Waals surface area contributed by atoms with Crippen molar-refractivity contribution in [3.05, 3.63) is 24.4 Å². The van der Waals surface area contributed by atoms with Gasteiger partial charge in [-0.1, -0.05) is 6.58 Å². The van der Waals surface area contributed by atoms with E-state index in [9.17, 15) is 0 Å². The van der Waals surface area contributed by atoms with E-state index < -0.39 is 25.0 Å². The summed E-state index contributed by atoms with van der Waals surface area (Å²) >= 11 is 0. The molecule has 0 heterocycles. The fraction of sp³-hybridized carbons (Fsp3) is 0.692. The fourth-order valence-electron chi connectivity index (χ4n) is 1.13. The molecule has 0 saturated carbocycles. The van der Waals surface area contributed by atoms with Crippen LogP contribution in [0.5, 0.6) is 0 Å². The van der Waals surface area contributed by atoms with Crippen molar-refractivity contribution in [2.75, 3.05) is 0 Å². The maximum Gasteiger partial charge on any atom is 0.242 e. The average molecular weight is 319 g/mol. The molecule has 0 aliphatic rings. The van der Waals surface area contributed by atoms with Crippen LogP contribution in [-0.2, 0) is 13.3 Å². The Morgan fingerprint density at radius 1 is 0.737 bits per heavy atom. The molecular weight excluding hydrogens is 288 g/mol. The van der Waals surface area contributed by atoms with Crippen LogP contribution in [0, 0.1) is 0 Å². The van der Waals surface area contributed by atoms with Crippen molar-refractivity contribution < 1.29 is 13.3 Å². The molecule has 19 heavy (non-hydrogen) atoms. The Morgan fingerprint density at radius 2 is 1.16 bits per heavy atom. The molecule has 0 rings (SSSR count). The van der Waals surface area contributed by atoms with Gasteiger partial charge >= 0.3 is 0 Å². The first-order valence-corrected chi connectivity index (χ1v) is 16.9. The van der Waals surface area contributed by atoms with Crippen molar-refractivity contribution in [2.45, 2.75) is 58.9 Å². The highest BCUT2D eigenvalue weighted by Gasteiger charge is 2.25. The second-order valence-electron chi connectivity index (χ2n) is 7.56. The maximum atomic E-state index is 6.04. The third-order valence-electron chi connectivity index (χ3n) is 1.64. The zero-order valence-corrected chi connectivity index (χ0v) is 17.0. The van der Waals surface area contributed by atoms with Gasteiger partial charge in [-0.25, -0.2) is 0 Å². The Balaban J connectivity index is 5.02. The highest BCUT2D eigenvalue weighted by atomic mass is 28.4. The van der Waals surface area contributed by atoms with E-state index in [0.29, 0.717) is 11.5 Å². The molecule has 0 aromatic rings. The molecule has 0 amide bonds. The van der Waals surface area contributed by atoms with Crippen LogP contribution in [0.25, 0.3) is 0 Å². The second-order valence-corrected chi connectivity index (χ2v) is 20.9. The third kappa shape index (κ3) is 11.1. The number of hydrogen-bond acceptors (Lipinski definition) is 3. The van der Waals surface area contributed by atoms with Crippen LogP contribution in [0.3, 0.4) is 0 Å². The molecule has 0 saturated heterocycles. The lowest BCUT2D eigenvalue weighted by atomic mass is 10.5. The second kappa shape index (κ2) is 6.32. The lowest BCUT2D eigenvalue weighted by Gasteiger charge is -2.28. The highest BCUT2D eigenvalue weighted by Crippen LogP contribution is 2.22. The van der Waals surface area contributed by atoms with Crippen LogP contribution in [-0.4, -0.2) is 25.0 Å². The third-order valence-corrected chi connectivity index (χ3v) is 4.16. The van der Waals surface area contributed by atoms with Gasteiger partial charge in [0.2, 0.25) is 25.0 Å². The molecule has 0 atom stereocenters. The fourth-order valence-corrected chi connectivity index (χ4v) is 3.25. The summed E-state index contributed by atoms with van der Waals surface area (Å²) in [5.74, 6) is 1.25. The van der Waals surface area contributed by atoms with Crippen LogP contribution in [0.15, 0.2) is 24.4 Å². The van der Waals surface area contributed by atoms with Gasteiger partial charge < -0.3 is 13.3 Å². The van der Waals surface area contributed by atoms with Crippen molar-refractivity contribution in [3.63, 3.8) is 0 Å². The molecule has 0 radical (unpaired) electrons. The van der Waals surface area contributed by atoms with Gasteiger partial charge in [-0.2, -0.15) is 0 Å². The molecule has 0 aliphatic carbocycles. The molecule has 0 N–H and O–H groups in total. The zero-order chi connectivity index (χ0) is 15.5. The molecule has 112 valence electrons. The van der Waals surface area contributed by atoms with Crippen LogP contribution < -0.4 is 0 Å². The van der Waals surface area contributed by atoms with E-state index in [4.69, 9.17) is 13.3 Å². The van der Waals surface area contributed by atoms with E-state index in [1.165, 1.54) is 0 Å². The Labute approximate surface area is 122 Å². The van der Waals surface area contributed by atoms with Crippen molar-refractivity contribution in [1.29, 1.82) is 0 Å². The summed E-state index contributed by atoms with van der Waals surface area (Å²) < 4.78 is 17.8. The first-order chi connectivity index (χ1) is 8.20. The van der Waals surface area contributed by atoms with Gasteiger partial charge in [0, 0.05) is 0 Å². The molecular formula is C13H30O3Si3. The normalized spacial score (nSPS) is 14.1. The van der Waals surface area contributed by atoms with Gasteiger partial charge in [0.15, 0.2) is 5.76 Å². The van der Waals surface area contributed by atoms with Gasteiger partial charge in [0.1, 0.15) is 12.0 Å². The van der Waals surface area contributed by atoms with E-state index in [2.05, 4.69) is 65.5 Å². The van der Waals surface area contributed by atoms with Crippen LogP contribution in [0.4, 0.5) is 0 Å². The summed E-state index contributed by atoms with van der Waals surface area (Å²) in [4.78, 5) is 0. The lowest BCUT2D eigenvalue weighted by molar-refractivity contribution is 0.322. The molecule has 0 bridgehead atoms. The minimum Gasteiger partial charge on any atom is -0.547 e. The molecule has 0 spiro atoms. The smallest absolute Gasteiger partial charge is 0.242 e. The minimum absolute atomic E-state index is 0.597. The van der Waals surface area contributed by atoms with E-state index in [1.807, 2.05) is 0 Å². The largest absolute Gasteiger partial charge is 0.547 e. The Morgan fingerprint density at radius 3 is 1.47 bits per heavy atom. The molecule has 6 heteroatoms. The molecule has 0 aromatic carbocycles. The summed E-state index contributed by atoms with van der Waals surface area (Å²) in [6.45, 7) is 23.2. The first kappa shape index (κ1) is 18.5. The van der Waals surface area contributed by atoms with Gasteiger partial charge in [-0.05, 0) is 58.9 Å². The van der Waals surface area contributed by atoms with Gasteiger partial charge in [0.25, 0.3) is 0 Å². The first-order valence-electron chi connectivity index (χ1n) is 6.65. The summed E-state index contributed by atoms with van der Waals surface area (Å²) in [6.07, 6.45) is 1.70. The van der Waals surface area contributed by atoms with Crippen LogP contribution in [0.2, 0.25) is 58.9 Å². The predicted octanol–water partition coefficient (Wildman–Crippen LogP) is 4.90. The van der Waals surface area contributed by atoms with E-state index in [1.54, 1.807) is 6.26 Å². The van der Waals surface area contributed by atoms with Crippen molar-refractivity contribution >= 4 is 25.0 Å². The topological polar surface area (TPSA) is 27.7 Å². The molecule has 0 unspecified atom stereocenters. The molecule has 0 fully saturated rings. The lowest BCUT2D eigenvalue weighted by Crippen LogP contribution is -2.30. The standard InChI is InChI=1S/C13H30O3Si3/c1-12(15-18(5,6)7)13(16-19(8,9)10)11-14-17(2,3)4/h11H,1H2,2-10H3/b13-11-. The van der Waals surface area contributed by atoms with Crippen LogP contribution >= 0.6 is 0 Å². The average Bonchev–Trinajstić information content (AvgIpc) is 2.05. The Hall–Kier alpha value is -0.469. The van der Waals surface area contributed by atoms with Crippen molar-refractivity contribution in [1.82, 2.24) is 0 Å². The maximum absolute atomic E-state index is 6.04. The van der Waals surface area contributed by atoms with Gasteiger partial charge in [-0.15, -0.1) is 0 Å². The number of rotatable bonds is 7. The molecule has 0 aliphatic heterocycles. The highest BCUT2D eigenvalue weighted by molar-refractivity contribution is 6.71. The van der Waals surface area contributed by atoms with Gasteiger partial charge in [-0.3, -0.25) is 0 Å². The Kier molecular flexibility index (Phi) is 6.16. The summed E-state index contributed by atoms with van der Waals surface area (Å²) in [6, 6.07) is 0. The molecule has 0 aromatic heterocycles. The SMILES string of the molecule is C=C(O[Si](C)(C)C)/C(=C/O[Si](C)(C)C)O[Si](C)(C)C. The summed E-state index contributed by atoms with van der Waals surface area (Å²) in [5, 5.41) is 0. The van der Waals surface area contributed by atoms with Crippen molar-refractivity contribution in [2.24, 2.45) is 0 Å². The quantitative estimate of drug-likeness (QED) is 0.380. The van der Waals surface area contributed by atoms with E-state index >= 15 is 0 Å². The number of hydrogen-bond donors (Lipinski definition) is 0. The van der Waals surface area contributed by atoms with E-state index in [-0.39, 0.29) is 0 Å². The van der Waals surface area contributed by atoms with Crippen LogP contribution in [0.1, 0.15) is 0 Å². The summed E-state index contributed by atoms with van der Waals surface area (Å²) in [7, 11) is -5.02. The molecule has 3 nitrogen and oxygen atoms in total.